The number of hydrogen-bond donors (Lipinski definition) is 2. The zero-order valence-electron chi connectivity index (χ0n) is 13.6. The van der Waals surface area contributed by atoms with Crippen LogP contribution in [0.25, 0.3) is 5.57 Å². The minimum absolute atomic E-state index is 0.0308. The Kier molecular flexibility index (Phi) is 11.6. The van der Waals surface area contributed by atoms with Gasteiger partial charge in [0.1, 0.15) is 6.61 Å². The molecule has 0 saturated carbocycles. The number of aliphatic hydroxyl groups excluding tert-OH is 2. The topological polar surface area (TPSA) is 40.5 Å². The van der Waals surface area contributed by atoms with Gasteiger partial charge in [0.25, 0.3) is 0 Å². The molecule has 0 saturated heterocycles. The predicted molar refractivity (Wildman–Crippen MR) is 102 cm³/mol. The molecule has 0 heterocycles. The maximum Gasteiger partial charge on any atom is 0.103 e. The highest BCUT2D eigenvalue weighted by molar-refractivity contribution is 9.10. The number of hydrogen-bond acceptors (Lipinski definition) is 2. The Bertz CT molecular complexity index is 587. The molecule has 0 amide bonds. The Morgan fingerprint density at radius 2 is 1.39 bits per heavy atom. The molecular formula is C20H23BrO2. The third-order valence-corrected chi connectivity index (χ3v) is 3.28. The number of benzene rings is 2. The van der Waals surface area contributed by atoms with Crippen LogP contribution >= 0.6 is 15.9 Å². The summed E-state index contributed by atoms with van der Waals surface area (Å²) in [4.78, 5) is 0. The second kappa shape index (κ2) is 12.7. The summed E-state index contributed by atoms with van der Waals surface area (Å²) in [5, 5.41) is 16.4. The minimum Gasteiger partial charge on any atom is -0.392 e. The molecule has 0 radical (unpaired) electrons. The summed E-state index contributed by atoms with van der Waals surface area (Å²) in [5.74, 6) is 1.99. The van der Waals surface area contributed by atoms with Gasteiger partial charge < -0.3 is 10.2 Å². The highest BCUT2D eigenvalue weighted by Gasteiger charge is 1.94. The molecule has 122 valence electrons. The Balaban J connectivity index is 0.000000354. The van der Waals surface area contributed by atoms with Gasteiger partial charge in [-0.25, -0.2) is 0 Å². The lowest BCUT2D eigenvalue weighted by atomic mass is 10.1. The first-order valence-corrected chi connectivity index (χ1v) is 7.86. The van der Waals surface area contributed by atoms with Gasteiger partial charge in [-0.05, 0) is 37.1 Å². The van der Waals surface area contributed by atoms with E-state index in [2.05, 4.69) is 48.0 Å². The Morgan fingerprint density at radius 3 is 1.70 bits per heavy atom. The normalized spacial score (nSPS) is 8.70. The number of halogens is 1. The van der Waals surface area contributed by atoms with Crippen molar-refractivity contribution in [3.8, 4) is 12.3 Å². The molecule has 0 spiro atoms. The largest absolute Gasteiger partial charge is 0.392 e. The Labute approximate surface area is 147 Å². The van der Waals surface area contributed by atoms with Crippen LogP contribution in [-0.2, 0) is 0 Å². The van der Waals surface area contributed by atoms with Crippen molar-refractivity contribution in [3.63, 3.8) is 0 Å². The van der Waals surface area contributed by atoms with Crippen LogP contribution in [0, 0.1) is 26.2 Å². The first-order valence-electron chi connectivity index (χ1n) is 7.06. The molecule has 2 aromatic rings. The van der Waals surface area contributed by atoms with E-state index in [9.17, 15) is 0 Å². The van der Waals surface area contributed by atoms with E-state index in [-0.39, 0.29) is 13.2 Å². The number of aliphatic hydroxyl groups is 2. The zero-order chi connectivity index (χ0) is 17.7. The Hall–Kier alpha value is -1.86. The molecule has 0 fully saturated rings. The summed E-state index contributed by atoms with van der Waals surface area (Å²) in [6.45, 7) is 7.71. The molecule has 2 aromatic carbocycles. The smallest absolute Gasteiger partial charge is 0.103 e. The molecule has 3 heteroatoms. The molecule has 2 N–H and O–H groups in total. The van der Waals surface area contributed by atoms with Gasteiger partial charge in [0.2, 0.25) is 0 Å². The lowest BCUT2D eigenvalue weighted by molar-refractivity contribution is 0.350. The van der Waals surface area contributed by atoms with Crippen molar-refractivity contribution in [1.82, 2.24) is 0 Å². The van der Waals surface area contributed by atoms with Crippen LogP contribution in [0.2, 0.25) is 0 Å². The second-order valence-electron chi connectivity index (χ2n) is 4.79. The molecule has 0 bridgehead atoms. The van der Waals surface area contributed by atoms with E-state index in [1.165, 1.54) is 11.1 Å². The number of rotatable bonds is 2. The van der Waals surface area contributed by atoms with Crippen molar-refractivity contribution in [2.24, 2.45) is 0 Å². The van der Waals surface area contributed by atoms with E-state index in [1.54, 1.807) is 0 Å². The first-order chi connectivity index (χ1) is 10.9. The van der Waals surface area contributed by atoms with Gasteiger partial charge in [-0.3, -0.25) is 0 Å². The zero-order valence-corrected chi connectivity index (χ0v) is 15.2. The van der Waals surface area contributed by atoms with Gasteiger partial charge in [0, 0.05) is 4.47 Å². The average molecular weight is 375 g/mol. The van der Waals surface area contributed by atoms with Crippen LogP contribution in [0.4, 0.5) is 0 Å². The predicted octanol–water partition coefficient (Wildman–Crippen LogP) is 4.37. The molecule has 0 aliphatic heterocycles. The molecule has 0 unspecified atom stereocenters. The summed E-state index contributed by atoms with van der Waals surface area (Å²) in [7, 11) is 0. The van der Waals surface area contributed by atoms with E-state index >= 15 is 0 Å². The maximum absolute atomic E-state index is 8.76. The standard InChI is InChI=1S/C10H12O.C7H7Br.C3H4O/c1-8-3-5-10(6-4-8)9(2)7-11;1-6-2-4-7(8)5-3-6;1-2-3-4/h3-6,11H,2,7H2,1H3;2-5H,1H3;1,4H,3H2. The van der Waals surface area contributed by atoms with Gasteiger partial charge in [0.05, 0.1) is 6.61 Å². The van der Waals surface area contributed by atoms with Crippen molar-refractivity contribution < 1.29 is 10.2 Å². The van der Waals surface area contributed by atoms with Crippen LogP contribution in [-0.4, -0.2) is 23.4 Å². The SMILES string of the molecule is C#CCO.C=C(CO)c1ccc(C)cc1.Cc1ccc(Br)cc1. The van der Waals surface area contributed by atoms with Gasteiger partial charge in [-0.2, -0.15) is 0 Å². The molecule has 23 heavy (non-hydrogen) atoms. The fourth-order valence-electron chi connectivity index (χ4n) is 1.41. The minimum atomic E-state index is -0.153. The molecule has 0 atom stereocenters. The molecular weight excluding hydrogens is 352 g/mol. The summed E-state index contributed by atoms with van der Waals surface area (Å²) in [6.07, 6.45) is 4.53. The van der Waals surface area contributed by atoms with Crippen LogP contribution in [0.15, 0.2) is 59.6 Å². The van der Waals surface area contributed by atoms with Crippen LogP contribution in [0.5, 0.6) is 0 Å². The van der Waals surface area contributed by atoms with Gasteiger partial charge >= 0.3 is 0 Å². The van der Waals surface area contributed by atoms with E-state index in [1.807, 2.05) is 49.2 Å². The third kappa shape index (κ3) is 10.5. The summed E-state index contributed by atoms with van der Waals surface area (Å²) >= 11 is 3.35. The molecule has 0 aromatic heterocycles. The number of terminal acetylenes is 1. The summed E-state index contributed by atoms with van der Waals surface area (Å²) < 4.78 is 1.14. The van der Waals surface area contributed by atoms with Crippen molar-refractivity contribution >= 4 is 21.5 Å². The second-order valence-corrected chi connectivity index (χ2v) is 5.70. The van der Waals surface area contributed by atoms with E-state index in [0.717, 1.165) is 15.6 Å². The molecule has 0 aliphatic carbocycles. The van der Waals surface area contributed by atoms with Crippen LogP contribution in [0.1, 0.15) is 16.7 Å². The van der Waals surface area contributed by atoms with Crippen molar-refractivity contribution in [3.05, 3.63) is 76.3 Å². The monoisotopic (exact) mass is 374 g/mol. The fourth-order valence-corrected chi connectivity index (χ4v) is 1.68. The van der Waals surface area contributed by atoms with Crippen molar-refractivity contribution in [2.75, 3.05) is 13.2 Å². The first kappa shape index (κ1) is 21.1. The molecule has 2 rings (SSSR count). The fraction of sp³-hybridized carbons (Fsp3) is 0.200. The quantitative estimate of drug-likeness (QED) is 0.766. The molecule has 0 aliphatic rings. The summed E-state index contributed by atoms with van der Waals surface area (Å²) in [6, 6.07) is 16.2. The van der Waals surface area contributed by atoms with E-state index < -0.39 is 0 Å². The van der Waals surface area contributed by atoms with E-state index in [0.29, 0.717) is 0 Å². The van der Waals surface area contributed by atoms with Crippen molar-refractivity contribution in [2.45, 2.75) is 13.8 Å². The van der Waals surface area contributed by atoms with Crippen LogP contribution in [0.3, 0.4) is 0 Å². The van der Waals surface area contributed by atoms with Crippen molar-refractivity contribution in [1.29, 1.82) is 0 Å². The van der Waals surface area contributed by atoms with Gasteiger partial charge in [-0.15, -0.1) is 6.42 Å². The molecule has 2 nitrogen and oxygen atoms in total. The highest BCUT2D eigenvalue weighted by Crippen LogP contribution is 2.11. The third-order valence-electron chi connectivity index (χ3n) is 2.75. The van der Waals surface area contributed by atoms with Gasteiger partial charge in [0.15, 0.2) is 0 Å². The average Bonchev–Trinajstić information content (AvgIpc) is 2.58. The van der Waals surface area contributed by atoms with Crippen LogP contribution < -0.4 is 0 Å². The van der Waals surface area contributed by atoms with Gasteiger partial charge in [-0.1, -0.05) is 76.0 Å². The lowest BCUT2D eigenvalue weighted by Gasteiger charge is -2.01. The maximum atomic E-state index is 8.76. The lowest BCUT2D eigenvalue weighted by Crippen LogP contribution is -1.87. The van der Waals surface area contributed by atoms with E-state index in [4.69, 9.17) is 10.2 Å². The Morgan fingerprint density at radius 1 is 1.00 bits per heavy atom. The highest BCUT2D eigenvalue weighted by atomic mass is 79.9. The summed E-state index contributed by atoms with van der Waals surface area (Å²) in [5.41, 5.74) is 4.30. The number of aryl methyl sites for hydroxylation is 2.